The van der Waals surface area contributed by atoms with Crippen LogP contribution in [0.25, 0.3) is 0 Å². The Morgan fingerprint density at radius 2 is 1.17 bits per heavy atom. The highest BCUT2D eigenvalue weighted by atomic mass is 14.9. The summed E-state index contributed by atoms with van der Waals surface area (Å²) in [6, 6.07) is 25.9. The van der Waals surface area contributed by atoms with E-state index in [1.54, 1.807) is 0 Å². The van der Waals surface area contributed by atoms with Crippen LogP contribution in [0.3, 0.4) is 0 Å². The summed E-state index contributed by atoms with van der Waals surface area (Å²) in [6.07, 6.45) is 0. The summed E-state index contributed by atoms with van der Waals surface area (Å²) in [5.74, 6) is 0. The first-order valence-corrected chi connectivity index (χ1v) is 8.10. The second-order valence-corrected chi connectivity index (χ2v) is 6.11. The van der Waals surface area contributed by atoms with Gasteiger partial charge in [0.1, 0.15) is 0 Å². The average Bonchev–Trinajstić information content (AvgIpc) is 2.57. The average molecular weight is 301 g/mol. The number of nitrogens with one attached hydrogen (secondary N) is 1. The van der Waals surface area contributed by atoms with Gasteiger partial charge in [-0.25, -0.2) is 0 Å². The van der Waals surface area contributed by atoms with Crippen molar-refractivity contribution in [3.8, 4) is 0 Å². The number of rotatable bonds is 4. The molecule has 1 unspecified atom stereocenters. The Hall–Kier alpha value is -2.54. The lowest BCUT2D eigenvalue weighted by Gasteiger charge is -2.25. The molecule has 1 N–H and O–H groups in total. The molecule has 3 aromatic carbocycles. The zero-order chi connectivity index (χ0) is 16.2. The van der Waals surface area contributed by atoms with Gasteiger partial charge in [-0.1, -0.05) is 72.8 Å². The Kier molecular flexibility index (Phi) is 4.47. The van der Waals surface area contributed by atoms with Gasteiger partial charge in [-0.2, -0.15) is 0 Å². The van der Waals surface area contributed by atoms with E-state index >= 15 is 0 Å². The van der Waals surface area contributed by atoms with Crippen molar-refractivity contribution in [3.05, 3.63) is 101 Å². The lowest BCUT2D eigenvalue weighted by molar-refractivity contribution is 0.921. The molecular weight excluding hydrogens is 278 g/mol. The summed E-state index contributed by atoms with van der Waals surface area (Å²) in [4.78, 5) is 0. The van der Waals surface area contributed by atoms with Crippen LogP contribution in [-0.2, 0) is 0 Å². The molecule has 0 heterocycles. The molecule has 0 amide bonds. The molecule has 1 atom stereocenters. The summed E-state index contributed by atoms with van der Waals surface area (Å²) >= 11 is 0. The van der Waals surface area contributed by atoms with E-state index in [-0.39, 0.29) is 6.04 Å². The molecule has 116 valence electrons. The summed E-state index contributed by atoms with van der Waals surface area (Å²) in [5, 5.41) is 3.79. The van der Waals surface area contributed by atoms with Crippen molar-refractivity contribution in [2.75, 3.05) is 5.32 Å². The number of hydrogen-bond donors (Lipinski definition) is 1. The maximum Gasteiger partial charge on any atom is 0.0770 e. The molecule has 3 aromatic rings. The monoisotopic (exact) mass is 301 g/mol. The van der Waals surface area contributed by atoms with Crippen molar-refractivity contribution in [3.63, 3.8) is 0 Å². The Bertz CT molecular complexity index is 770. The quantitative estimate of drug-likeness (QED) is 0.641. The van der Waals surface area contributed by atoms with Gasteiger partial charge < -0.3 is 5.32 Å². The summed E-state index contributed by atoms with van der Waals surface area (Å²) in [5.41, 5.74) is 7.69. The third kappa shape index (κ3) is 3.29. The van der Waals surface area contributed by atoms with Gasteiger partial charge in [0.05, 0.1) is 6.04 Å². The topological polar surface area (TPSA) is 12.0 Å². The van der Waals surface area contributed by atoms with Crippen molar-refractivity contribution in [2.45, 2.75) is 26.8 Å². The van der Waals surface area contributed by atoms with Crippen molar-refractivity contribution in [1.29, 1.82) is 0 Å². The molecule has 0 aliphatic heterocycles. The van der Waals surface area contributed by atoms with E-state index in [0.29, 0.717) is 0 Å². The van der Waals surface area contributed by atoms with E-state index in [1.807, 2.05) is 0 Å². The van der Waals surface area contributed by atoms with Gasteiger partial charge in [0.2, 0.25) is 0 Å². The van der Waals surface area contributed by atoms with Crippen LogP contribution in [-0.4, -0.2) is 0 Å². The van der Waals surface area contributed by atoms with E-state index in [2.05, 4.69) is 98.9 Å². The van der Waals surface area contributed by atoms with Crippen molar-refractivity contribution in [1.82, 2.24) is 0 Å². The first-order valence-electron chi connectivity index (χ1n) is 8.10. The van der Waals surface area contributed by atoms with Crippen LogP contribution in [0.5, 0.6) is 0 Å². The van der Waals surface area contributed by atoms with E-state index in [4.69, 9.17) is 0 Å². The Morgan fingerprint density at radius 1 is 0.609 bits per heavy atom. The van der Waals surface area contributed by atoms with Crippen molar-refractivity contribution in [2.24, 2.45) is 0 Å². The second-order valence-electron chi connectivity index (χ2n) is 6.11. The van der Waals surface area contributed by atoms with Gasteiger partial charge >= 0.3 is 0 Å². The maximum atomic E-state index is 3.79. The Balaban J connectivity index is 2.08. The first kappa shape index (κ1) is 15.4. The zero-order valence-electron chi connectivity index (χ0n) is 14.0. The standard InChI is InChI=1S/C22H23N/c1-16-10-7-8-15-20(16)22(19-13-5-4-6-14-19)23-21-17(2)11-9-12-18(21)3/h4-15,22-23H,1-3H3. The third-order valence-electron chi connectivity index (χ3n) is 4.40. The van der Waals surface area contributed by atoms with Gasteiger partial charge in [0.25, 0.3) is 0 Å². The van der Waals surface area contributed by atoms with Gasteiger partial charge in [-0.05, 0) is 48.6 Å². The minimum Gasteiger partial charge on any atom is -0.374 e. The number of benzene rings is 3. The first-order chi connectivity index (χ1) is 11.2. The number of hydrogen-bond acceptors (Lipinski definition) is 1. The molecule has 0 bridgehead atoms. The molecule has 0 saturated heterocycles. The van der Waals surface area contributed by atoms with E-state index < -0.39 is 0 Å². The molecule has 1 heteroatoms. The van der Waals surface area contributed by atoms with E-state index in [1.165, 1.54) is 33.5 Å². The predicted octanol–water partition coefficient (Wildman–Crippen LogP) is 5.81. The van der Waals surface area contributed by atoms with E-state index in [0.717, 1.165) is 0 Å². The third-order valence-corrected chi connectivity index (χ3v) is 4.40. The number of para-hydroxylation sites is 1. The maximum absolute atomic E-state index is 3.79. The fourth-order valence-corrected chi connectivity index (χ4v) is 3.08. The molecule has 0 aliphatic rings. The highest BCUT2D eigenvalue weighted by molar-refractivity contribution is 5.59. The summed E-state index contributed by atoms with van der Waals surface area (Å²) in [6.45, 7) is 6.50. The zero-order valence-corrected chi connectivity index (χ0v) is 14.0. The fourth-order valence-electron chi connectivity index (χ4n) is 3.08. The fraction of sp³-hybridized carbons (Fsp3) is 0.182. The highest BCUT2D eigenvalue weighted by Crippen LogP contribution is 2.31. The van der Waals surface area contributed by atoms with Crippen LogP contribution >= 0.6 is 0 Å². The lowest BCUT2D eigenvalue weighted by atomic mass is 9.94. The molecular formula is C22H23N. The Labute approximate surface area is 139 Å². The van der Waals surface area contributed by atoms with Crippen molar-refractivity contribution < 1.29 is 0 Å². The van der Waals surface area contributed by atoms with Gasteiger partial charge in [0, 0.05) is 5.69 Å². The van der Waals surface area contributed by atoms with Crippen LogP contribution in [0, 0.1) is 20.8 Å². The molecule has 1 nitrogen and oxygen atoms in total. The largest absolute Gasteiger partial charge is 0.374 e. The minimum absolute atomic E-state index is 0.150. The molecule has 0 saturated carbocycles. The summed E-state index contributed by atoms with van der Waals surface area (Å²) < 4.78 is 0. The van der Waals surface area contributed by atoms with E-state index in [9.17, 15) is 0 Å². The molecule has 0 aromatic heterocycles. The Morgan fingerprint density at radius 3 is 1.83 bits per heavy atom. The van der Waals surface area contributed by atoms with Crippen LogP contribution < -0.4 is 5.32 Å². The highest BCUT2D eigenvalue weighted by Gasteiger charge is 2.17. The van der Waals surface area contributed by atoms with Crippen LogP contribution in [0.1, 0.15) is 33.9 Å². The van der Waals surface area contributed by atoms with Crippen LogP contribution in [0.2, 0.25) is 0 Å². The van der Waals surface area contributed by atoms with Gasteiger partial charge in [-0.15, -0.1) is 0 Å². The van der Waals surface area contributed by atoms with Crippen LogP contribution in [0.15, 0.2) is 72.8 Å². The second kappa shape index (κ2) is 6.70. The molecule has 0 fully saturated rings. The molecule has 3 rings (SSSR count). The number of aryl methyl sites for hydroxylation is 3. The molecule has 0 spiro atoms. The lowest BCUT2D eigenvalue weighted by Crippen LogP contribution is -2.15. The predicted molar refractivity (Wildman–Crippen MR) is 99.0 cm³/mol. The van der Waals surface area contributed by atoms with Gasteiger partial charge in [0.15, 0.2) is 0 Å². The number of anilines is 1. The molecule has 23 heavy (non-hydrogen) atoms. The SMILES string of the molecule is Cc1ccccc1C(Nc1c(C)cccc1C)c1ccccc1. The minimum atomic E-state index is 0.150. The normalized spacial score (nSPS) is 12.0. The van der Waals surface area contributed by atoms with Crippen LogP contribution in [0.4, 0.5) is 5.69 Å². The smallest absolute Gasteiger partial charge is 0.0770 e. The van der Waals surface area contributed by atoms with Gasteiger partial charge in [-0.3, -0.25) is 0 Å². The van der Waals surface area contributed by atoms with Crippen molar-refractivity contribution >= 4 is 5.69 Å². The molecule has 0 radical (unpaired) electrons. The summed E-state index contributed by atoms with van der Waals surface area (Å²) in [7, 11) is 0. The molecule has 0 aliphatic carbocycles.